The van der Waals surface area contributed by atoms with E-state index in [1.165, 1.54) is 6.20 Å². The highest BCUT2D eigenvalue weighted by molar-refractivity contribution is 6.44. The van der Waals surface area contributed by atoms with Gasteiger partial charge in [-0.3, -0.25) is 0 Å². The number of aromatic nitrogens is 1. The number of pyridine rings is 1. The van der Waals surface area contributed by atoms with Crippen molar-refractivity contribution in [3.8, 4) is 11.1 Å². The second-order valence-electron chi connectivity index (χ2n) is 3.40. The highest BCUT2D eigenvalue weighted by Gasteiger charge is 2.14. The zero-order valence-corrected chi connectivity index (χ0v) is 10.9. The molecule has 88 valence electrons. The summed E-state index contributed by atoms with van der Waals surface area (Å²) in [5.41, 5.74) is 1.94. The Morgan fingerprint density at radius 3 is 2.59 bits per heavy atom. The third kappa shape index (κ3) is 2.40. The van der Waals surface area contributed by atoms with Crippen LogP contribution in [0.5, 0.6) is 0 Å². The third-order valence-corrected chi connectivity index (χ3v) is 3.49. The maximum Gasteiger partial charge on any atom is 0.137 e. The Morgan fingerprint density at radius 1 is 1.12 bits per heavy atom. The van der Waals surface area contributed by atoms with Gasteiger partial charge in [0.25, 0.3) is 0 Å². The molecule has 1 heterocycles. The maximum absolute atomic E-state index is 9.30. The molecule has 0 fully saturated rings. The summed E-state index contributed by atoms with van der Waals surface area (Å²) >= 11 is 18.1. The van der Waals surface area contributed by atoms with Gasteiger partial charge in [-0.2, -0.15) is 0 Å². The molecule has 2 rings (SSSR count). The van der Waals surface area contributed by atoms with Gasteiger partial charge in [0.1, 0.15) is 5.15 Å². The topological polar surface area (TPSA) is 33.1 Å². The lowest BCUT2D eigenvalue weighted by Gasteiger charge is -2.11. The average molecular weight is 289 g/mol. The SMILES string of the molecule is OCc1ccnc(Cl)c1-c1cccc(Cl)c1Cl. The van der Waals surface area contributed by atoms with E-state index in [0.717, 1.165) is 0 Å². The molecule has 5 heteroatoms. The first kappa shape index (κ1) is 12.7. The molecule has 0 saturated heterocycles. The predicted octanol–water partition coefficient (Wildman–Crippen LogP) is 4.20. The summed E-state index contributed by atoms with van der Waals surface area (Å²) in [5, 5.41) is 10.4. The van der Waals surface area contributed by atoms with Crippen molar-refractivity contribution in [2.75, 3.05) is 0 Å². The molecule has 1 aromatic heterocycles. The minimum absolute atomic E-state index is 0.138. The first-order valence-electron chi connectivity index (χ1n) is 4.83. The quantitative estimate of drug-likeness (QED) is 0.840. The summed E-state index contributed by atoms with van der Waals surface area (Å²) in [7, 11) is 0. The smallest absolute Gasteiger partial charge is 0.137 e. The van der Waals surface area contributed by atoms with Gasteiger partial charge in [-0.1, -0.05) is 46.9 Å². The molecule has 0 aliphatic carbocycles. The van der Waals surface area contributed by atoms with Crippen LogP contribution in [0.15, 0.2) is 30.5 Å². The lowest BCUT2D eigenvalue weighted by molar-refractivity contribution is 0.282. The van der Waals surface area contributed by atoms with Crippen molar-refractivity contribution in [2.24, 2.45) is 0 Å². The summed E-state index contributed by atoms with van der Waals surface area (Å²) in [5.74, 6) is 0. The van der Waals surface area contributed by atoms with Gasteiger partial charge in [0, 0.05) is 17.3 Å². The van der Waals surface area contributed by atoms with Crippen molar-refractivity contribution in [1.82, 2.24) is 4.98 Å². The number of rotatable bonds is 2. The van der Waals surface area contributed by atoms with Crippen LogP contribution in [0.1, 0.15) is 5.56 Å². The minimum Gasteiger partial charge on any atom is -0.392 e. The monoisotopic (exact) mass is 287 g/mol. The molecule has 0 aliphatic rings. The molecule has 0 spiro atoms. The number of aliphatic hydroxyl groups is 1. The van der Waals surface area contributed by atoms with Crippen LogP contribution in [0, 0.1) is 0 Å². The molecule has 0 radical (unpaired) electrons. The van der Waals surface area contributed by atoms with E-state index in [-0.39, 0.29) is 6.61 Å². The van der Waals surface area contributed by atoms with E-state index in [2.05, 4.69) is 4.98 Å². The van der Waals surface area contributed by atoms with Gasteiger partial charge in [0.05, 0.1) is 16.7 Å². The molecule has 2 nitrogen and oxygen atoms in total. The van der Waals surface area contributed by atoms with E-state index in [0.29, 0.717) is 31.9 Å². The Labute approximate surface area is 114 Å². The number of benzene rings is 1. The third-order valence-electron chi connectivity index (χ3n) is 2.38. The Morgan fingerprint density at radius 2 is 1.88 bits per heavy atom. The molecule has 1 N–H and O–H groups in total. The summed E-state index contributed by atoms with van der Waals surface area (Å²) < 4.78 is 0. The summed E-state index contributed by atoms with van der Waals surface area (Å²) in [6.07, 6.45) is 1.54. The summed E-state index contributed by atoms with van der Waals surface area (Å²) in [6.45, 7) is -0.138. The van der Waals surface area contributed by atoms with Crippen molar-refractivity contribution < 1.29 is 5.11 Å². The Balaban J connectivity index is 2.72. The molecular formula is C12H8Cl3NO. The van der Waals surface area contributed by atoms with Gasteiger partial charge in [-0.15, -0.1) is 0 Å². The molecule has 0 atom stereocenters. The van der Waals surface area contributed by atoms with Gasteiger partial charge in [0.15, 0.2) is 0 Å². The first-order chi connectivity index (χ1) is 8.15. The van der Waals surface area contributed by atoms with E-state index < -0.39 is 0 Å². The van der Waals surface area contributed by atoms with Crippen LogP contribution in [0.3, 0.4) is 0 Å². The number of aliphatic hydroxyl groups excluding tert-OH is 1. The molecule has 0 saturated carbocycles. The molecule has 0 unspecified atom stereocenters. The van der Waals surface area contributed by atoms with Gasteiger partial charge in [-0.25, -0.2) is 4.98 Å². The number of hydrogen-bond acceptors (Lipinski definition) is 2. The predicted molar refractivity (Wildman–Crippen MR) is 70.6 cm³/mol. The Kier molecular flexibility index (Phi) is 3.89. The fraction of sp³-hybridized carbons (Fsp3) is 0.0833. The van der Waals surface area contributed by atoms with E-state index in [1.54, 1.807) is 24.3 Å². The van der Waals surface area contributed by atoms with Crippen molar-refractivity contribution in [3.05, 3.63) is 51.2 Å². The zero-order valence-electron chi connectivity index (χ0n) is 8.62. The van der Waals surface area contributed by atoms with Crippen molar-refractivity contribution >= 4 is 34.8 Å². The summed E-state index contributed by atoms with van der Waals surface area (Å²) in [4.78, 5) is 3.99. The fourth-order valence-corrected chi connectivity index (χ4v) is 2.26. The molecule has 0 bridgehead atoms. The molecule has 0 amide bonds. The lowest BCUT2D eigenvalue weighted by Crippen LogP contribution is -1.93. The highest BCUT2D eigenvalue weighted by atomic mass is 35.5. The van der Waals surface area contributed by atoms with Crippen molar-refractivity contribution in [3.63, 3.8) is 0 Å². The standard InChI is InChI=1S/C12H8Cl3NO/c13-9-3-1-2-8(11(9)14)10-7(6-17)4-5-16-12(10)15/h1-5,17H,6H2. The summed E-state index contributed by atoms with van der Waals surface area (Å²) in [6, 6.07) is 6.94. The lowest BCUT2D eigenvalue weighted by atomic mass is 10.0. The van der Waals surface area contributed by atoms with Crippen LogP contribution in [-0.4, -0.2) is 10.1 Å². The van der Waals surface area contributed by atoms with Crippen LogP contribution in [0.4, 0.5) is 0 Å². The van der Waals surface area contributed by atoms with Gasteiger partial charge in [0.2, 0.25) is 0 Å². The van der Waals surface area contributed by atoms with Crippen LogP contribution in [0.25, 0.3) is 11.1 Å². The maximum atomic E-state index is 9.30. The second-order valence-corrected chi connectivity index (χ2v) is 4.54. The van der Waals surface area contributed by atoms with Crippen molar-refractivity contribution in [2.45, 2.75) is 6.61 Å². The largest absolute Gasteiger partial charge is 0.392 e. The van der Waals surface area contributed by atoms with Gasteiger partial charge < -0.3 is 5.11 Å². The van der Waals surface area contributed by atoms with Gasteiger partial charge in [-0.05, 0) is 17.7 Å². The van der Waals surface area contributed by atoms with Crippen LogP contribution >= 0.6 is 34.8 Å². The molecule has 17 heavy (non-hydrogen) atoms. The number of hydrogen-bond donors (Lipinski definition) is 1. The molecule has 0 aliphatic heterocycles. The van der Waals surface area contributed by atoms with Crippen LogP contribution < -0.4 is 0 Å². The molecule has 2 aromatic rings. The van der Waals surface area contributed by atoms with Gasteiger partial charge >= 0.3 is 0 Å². The van der Waals surface area contributed by atoms with Crippen LogP contribution in [-0.2, 0) is 6.61 Å². The van der Waals surface area contributed by atoms with Crippen molar-refractivity contribution in [1.29, 1.82) is 0 Å². The number of nitrogens with zero attached hydrogens (tertiary/aromatic N) is 1. The van der Waals surface area contributed by atoms with E-state index in [4.69, 9.17) is 34.8 Å². The molecular weight excluding hydrogens is 280 g/mol. The second kappa shape index (κ2) is 5.23. The van der Waals surface area contributed by atoms with E-state index >= 15 is 0 Å². The zero-order chi connectivity index (χ0) is 12.4. The normalized spacial score (nSPS) is 10.6. The Bertz CT molecular complexity index is 557. The van der Waals surface area contributed by atoms with E-state index in [9.17, 15) is 5.11 Å². The molecule has 1 aromatic carbocycles. The van der Waals surface area contributed by atoms with Crippen LogP contribution in [0.2, 0.25) is 15.2 Å². The minimum atomic E-state index is -0.138. The fourth-order valence-electron chi connectivity index (χ4n) is 1.59. The average Bonchev–Trinajstić information content (AvgIpc) is 2.33. The first-order valence-corrected chi connectivity index (χ1v) is 5.97. The highest BCUT2D eigenvalue weighted by Crippen LogP contribution is 2.38. The Hall–Kier alpha value is -0.800. The number of halogens is 3. The van der Waals surface area contributed by atoms with E-state index in [1.807, 2.05) is 0 Å².